The maximum absolute atomic E-state index is 11.3. The number of rotatable bonds is 8. The Hall–Kier alpha value is -1.83. The fraction of sp³-hybridized carbons (Fsp3) is 0.647. The molecule has 7 nitrogen and oxygen atoms in total. The number of esters is 1. The van der Waals surface area contributed by atoms with Crippen LogP contribution in [0.15, 0.2) is 11.9 Å². The molecule has 0 bridgehead atoms. The molecule has 0 spiro atoms. The Morgan fingerprint density at radius 3 is 3.08 bits per heavy atom. The van der Waals surface area contributed by atoms with Gasteiger partial charge in [-0.25, -0.2) is 0 Å². The summed E-state index contributed by atoms with van der Waals surface area (Å²) < 4.78 is 6.70. The Labute approximate surface area is 152 Å². The van der Waals surface area contributed by atoms with Crippen molar-refractivity contribution in [2.75, 3.05) is 13.2 Å². The SMILES string of the molecule is CCOC(=O)CCCCn1cc(C=C2CC(SC(C)=O)CCN2)nn1. The van der Waals surface area contributed by atoms with Crippen LogP contribution in [-0.4, -0.2) is 44.5 Å². The highest BCUT2D eigenvalue weighted by Gasteiger charge is 2.19. The molecule has 1 N–H and O–H groups in total. The van der Waals surface area contributed by atoms with Gasteiger partial charge in [-0.1, -0.05) is 17.0 Å². The molecule has 2 heterocycles. The van der Waals surface area contributed by atoms with Gasteiger partial charge in [-0.3, -0.25) is 14.3 Å². The molecule has 0 saturated carbocycles. The van der Waals surface area contributed by atoms with E-state index in [1.54, 1.807) is 11.6 Å². The molecule has 0 amide bonds. The molecule has 25 heavy (non-hydrogen) atoms. The third kappa shape index (κ3) is 7.29. The Morgan fingerprint density at radius 1 is 1.48 bits per heavy atom. The third-order valence-corrected chi connectivity index (χ3v) is 4.87. The van der Waals surface area contributed by atoms with Crippen LogP contribution in [-0.2, 0) is 20.9 Å². The predicted octanol–water partition coefficient (Wildman–Crippen LogP) is 2.38. The van der Waals surface area contributed by atoms with Gasteiger partial charge in [0, 0.05) is 37.4 Å². The zero-order chi connectivity index (χ0) is 18.1. The summed E-state index contributed by atoms with van der Waals surface area (Å²) in [6, 6.07) is 0. The van der Waals surface area contributed by atoms with Gasteiger partial charge < -0.3 is 10.1 Å². The Balaban J connectivity index is 1.78. The van der Waals surface area contributed by atoms with Crippen molar-refractivity contribution in [3.05, 3.63) is 17.6 Å². The average molecular weight is 366 g/mol. The summed E-state index contributed by atoms with van der Waals surface area (Å²) in [5.74, 6) is -0.145. The molecule has 1 aliphatic heterocycles. The summed E-state index contributed by atoms with van der Waals surface area (Å²) in [5, 5.41) is 12.2. The zero-order valence-corrected chi connectivity index (χ0v) is 15.7. The van der Waals surface area contributed by atoms with Crippen molar-refractivity contribution < 1.29 is 14.3 Å². The molecule has 1 aromatic heterocycles. The number of thioether (sulfide) groups is 1. The minimum atomic E-state index is -0.145. The van der Waals surface area contributed by atoms with E-state index in [1.807, 2.05) is 19.2 Å². The van der Waals surface area contributed by atoms with Crippen LogP contribution in [0.3, 0.4) is 0 Å². The number of nitrogens with one attached hydrogen (secondary N) is 1. The molecule has 1 unspecified atom stereocenters. The van der Waals surface area contributed by atoms with Crippen molar-refractivity contribution >= 4 is 28.9 Å². The molecule has 0 aromatic carbocycles. The van der Waals surface area contributed by atoms with Gasteiger partial charge in [-0.05, 0) is 38.7 Å². The molecule has 1 aliphatic rings. The Kier molecular flexibility index (Phi) is 7.97. The quantitative estimate of drug-likeness (QED) is 0.558. The zero-order valence-electron chi connectivity index (χ0n) is 14.9. The smallest absolute Gasteiger partial charge is 0.305 e. The number of aryl methyl sites for hydroxylation is 1. The molecular weight excluding hydrogens is 340 g/mol. The predicted molar refractivity (Wildman–Crippen MR) is 97.8 cm³/mol. The van der Waals surface area contributed by atoms with Crippen molar-refractivity contribution in [3.63, 3.8) is 0 Å². The monoisotopic (exact) mass is 366 g/mol. The summed E-state index contributed by atoms with van der Waals surface area (Å²) >= 11 is 1.42. The minimum Gasteiger partial charge on any atom is -0.466 e. The first-order valence-corrected chi connectivity index (χ1v) is 9.62. The van der Waals surface area contributed by atoms with Gasteiger partial charge in [0.2, 0.25) is 0 Å². The van der Waals surface area contributed by atoms with Gasteiger partial charge in [0.15, 0.2) is 5.12 Å². The maximum Gasteiger partial charge on any atom is 0.305 e. The molecule has 138 valence electrons. The van der Waals surface area contributed by atoms with Gasteiger partial charge in [0.05, 0.1) is 12.8 Å². The highest BCUT2D eigenvalue weighted by molar-refractivity contribution is 8.14. The first-order valence-electron chi connectivity index (χ1n) is 8.74. The van der Waals surface area contributed by atoms with Crippen molar-refractivity contribution in [1.29, 1.82) is 0 Å². The van der Waals surface area contributed by atoms with Crippen molar-refractivity contribution in [2.45, 2.75) is 57.7 Å². The molecule has 0 radical (unpaired) electrons. The number of nitrogens with zero attached hydrogens (tertiary/aromatic N) is 3. The fourth-order valence-corrected chi connectivity index (χ4v) is 3.67. The van der Waals surface area contributed by atoms with Gasteiger partial charge in [0.25, 0.3) is 0 Å². The van der Waals surface area contributed by atoms with Crippen LogP contribution in [0.1, 0.15) is 51.6 Å². The van der Waals surface area contributed by atoms with E-state index < -0.39 is 0 Å². The van der Waals surface area contributed by atoms with E-state index in [2.05, 4.69) is 15.6 Å². The van der Waals surface area contributed by atoms with E-state index in [1.165, 1.54) is 11.8 Å². The van der Waals surface area contributed by atoms with Crippen molar-refractivity contribution in [1.82, 2.24) is 20.3 Å². The molecule has 8 heteroatoms. The second kappa shape index (κ2) is 10.2. The van der Waals surface area contributed by atoms with Gasteiger partial charge >= 0.3 is 5.97 Å². The Bertz CT molecular complexity index is 615. The van der Waals surface area contributed by atoms with Gasteiger partial charge in [0.1, 0.15) is 5.69 Å². The third-order valence-electron chi connectivity index (χ3n) is 3.80. The number of ether oxygens (including phenoxy) is 1. The lowest BCUT2D eigenvalue weighted by Crippen LogP contribution is -2.28. The van der Waals surface area contributed by atoms with Crippen LogP contribution < -0.4 is 5.32 Å². The largest absolute Gasteiger partial charge is 0.466 e. The number of carbonyl (C=O) groups excluding carboxylic acids is 2. The summed E-state index contributed by atoms with van der Waals surface area (Å²) in [7, 11) is 0. The minimum absolute atomic E-state index is 0.145. The maximum atomic E-state index is 11.3. The van der Waals surface area contributed by atoms with Crippen LogP contribution in [0.5, 0.6) is 0 Å². The standard InChI is InChI=1S/C17H26N4O3S/c1-3-24-17(23)6-4-5-9-21-12-15(19-20-21)10-14-11-16(7-8-18-14)25-13(2)22/h10,12,16,18H,3-9,11H2,1-2H3. The molecule has 1 fully saturated rings. The Morgan fingerprint density at radius 2 is 2.32 bits per heavy atom. The summed E-state index contributed by atoms with van der Waals surface area (Å²) in [6.07, 6.45) is 7.81. The number of unbranched alkanes of at least 4 members (excludes halogenated alkanes) is 1. The van der Waals surface area contributed by atoms with E-state index >= 15 is 0 Å². The first-order chi connectivity index (χ1) is 12.1. The van der Waals surface area contributed by atoms with E-state index in [0.717, 1.165) is 50.2 Å². The van der Waals surface area contributed by atoms with Crippen LogP contribution >= 0.6 is 11.8 Å². The number of carbonyl (C=O) groups is 2. The van der Waals surface area contributed by atoms with Crippen LogP contribution in [0.2, 0.25) is 0 Å². The summed E-state index contributed by atoms with van der Waals surface area (Å²) in [4.78, 5) is 22.5. The molecular formula is C17H26N4O3S. The fourth-order valence-electron chi connectivity index (χ4n) is 2.70. The topological polar surface area (TPSA) is 86.1 Å². The van der Waals surface area contributed by atoms with Crippen molar-refractivity contribution in [2.24, 2.45) is 0 Å². The number of aromatic nitrogens is 3. The number of hydrogen-bond acceptors (Lipinski definition) is 7. The number of allylic oxidation sites excluding steroid dienone is 1. The number of hydrogen-bond donors (Lipinski definition) is 1. The first kappa shape index (κ1) is 19.5. The lowest BCUT2D eigenvalue weighted by Gasteiger charge is -2.24. The van der Waals surface area contributed by atoms with E-state index in [9.17, 15) is 9.59 Å². The molecule has 0 aliphatic carbocycles. The van der Waals surface area contributed by atoms with E-state index in [0.29, 0.717) is 18.3 Å². The molecule has 1 atom stereocenters. The van der Waals surface area contributed by atoms with Crippen LogP contribution in [0, 0.1) is 0 Å². The average Bonchev–Trinajstić information content (AvgIpc) is 2.99. The van der Waals surface area contributed by atoms with Crippen LogP contribution in [0.4, 0.5) is 0 Å². The highest BCUT2D eigenvalue weighted by Crippen LogP contribution is 2.25. The molecule has 2 rings (SSSR count). The second-order valence-corrected chi connectivity index (χ2v) is 7.47. The van der Waals surface area contributed by atoms with Crippen molar-refractivity contribution in [3.8, 4) is 0 Å². The van der Waals surface area contributed by atoms with E-state index in [4.69, 9.17) is 4.74 Å². The lowest BCUT2D eigenvalue weighted by molar-refractivity contribution is -0.143. The van der Waals surface area contributed by atoms with Crippen LogP contribution in [0.25, 0.3) is 6.08 Å². The highest BCUT2D eigenvalue weighted by atomic mass is 32.2. The summed E-state index contributed by atoms with van der Waals surface area (Å²) in [6.45, 7) is 5.46. The molecule has 1 saturated heterocycles. The van der Waals surface area contributed by atoms with Gasteiger partial charge in [-0.2, -0.15) is 0 Å². The second-order valence-electron chi connectivity index (χ2n) is 5.99. The molecule has 1 aromatic rings. The normalized spacial score (nSPS) is 18.8. The van der Waals surface area contributed by atoms with Gasteiger partial charge in [-0.15, -0.1) is 5.10 Å². The summed E-state index contributed by atoms with van der Waals surface area (Å²) in [5.41, 5.74) is 1.90. The van der Waals surface area contributed by atoms with E-state index in [-0.39, 0.29) is 11.1 Å². The number of piperidine rings is 1. The lowest BCUT2D eigenvalue weighted by atomic mass is 10.1.